The maximum absolute atomic E-state index is 11.6. The molecular formula is C20H18O4S. The van der Waals surface area contributed by atoms with Gasteiger partial charge in [0.1, 0.15) is 5.75 Å². The first-order valence-electron chi connectivity index (χ1n) is 7.67. The van der Waals surface area contributed by atoms with Crippen molar-refractivity contribution in [3.05, 3.63) is 84.9 Å². The van der Waals surface area contributed by atoms with Crippen LogP contribution >= 0.6 is 10.3 Å². The van der Waals surface area contributed by atoms with Gasteiger partial charge in [-0.1, -0.05) is 36.4 Å². The fourth-order valence-corrected chi connectivity index (χ4v) is 5.57. The fraction of sp³-hybridized carbons (Fsp3) is 0.0500. The van der Waals surface area contributed by atoms with E-state index in [0.29, 0.717) is 5.75 Å². The average molecular weight is 354 g/mol. The van der Waals surface area contributed by atoms with E-state index >= 15 is 0 Å². The van der Waals surface area contributed by atoms with E-state index in [1.807, 2.05) is 84.9 Å². The molecule has 0 aromatic heterocycles. The number of carboxylic acid groups (broad SMARTS) is 1. The van der Waals surface area contributed by atoms with Crippen molar-refractivity contribution in [3.63, 3.8) is 0 Å². The Morgan fingerprint density at radius 1 is 0.760 bits per heavy atom. The standard InChI is InChI=1S/C20H18O4S/c1-23-16-12-14-19(15-13-16)25(24-20(21)22,17-8-4-2-5-9-17)18-10-6-3-7-11-18/h2-15H,1H3,(H,21,22). The van der Waals surface area contributed by atoms with E-state index in [2.05, 4.69) is 0 Å². The van der Waals surface area contributed by atoms with Crippen LogP contribution in [0.25, 0.3) is 0 Å². The second-order valence-electron chi connectivity index (χ2n) is 5.21. The molecule has 3 rings (SSSR count). The van der Waals surface area contributed by atoms with Crippen LogP contribution in [0, 0.1) is 0 Å². The maximum Gasteiger partial charge on any atom is 0.517 e. The zero-order valence-corrected chi connectivity index (χ0v) is 14.5. The number of methoxy groups -OCH3 is 1. The largest absolute Gasteiger partial charge is 0.517 e. The summed E-state index contributed by atoms with van der Waals surface area (Å²) in [5.41, 5.74) is 0. The number of ether oxygens (including phenoxy) is 1. The minimum absolute atomic E-state index is 0.702. The number of hydrogen-bond donors (Lipinski definition) is 1. The van der Waals surface area contributed by atoms with Crippen LogP contribution in [0.3, 0.4) is 0 Å². The molecule has 3 aromatic rings. The zero-order chi connectivity index (χ0) is 17.7. The molecule has 1 N–H and O–H groups in total. The van der Waals surface area contributed by atoms with Gasteiger partial charge in [-0.3, -0.25) is 0 Å². The third kappa shape index (κ3) is 3.32. The topological polar surface area (TPSA) is 55.8 Å². The van der Waals surface area contributed by atoms with Gasteiger partial charge in [-0.05, 0) is 58.8 Å². The molecule has 0 unspecified atom stereocenters. The van der Waals surface area contributed by atoms with Crippen LogP contribution in [-0.4, -0.2) is 18.4 Å². The highest BCUT2D eigenvalue weighted by molar-refractivity contribution is 8.30. The summed E-state index contributed by atoms with van der Waals surface area (Å²) < 4.78 is 10.9. The molecule has 0 saturated carbocycles. The molecule has 5 heteroatoms. The summed E-state index contributed by atoms with van der Waals surface area (Å²) in [4.78, 5) is 14.0. The summed E-state index contributed by atoms with van der Waals surface area (Å²) in [6.45, 7) is 0. The average Bonchev–Trinajstić information content (AvgIpc) is 2.67. The van der Waals surface area contributed by atoms with E-state index in [9.17, 15) is 9.90 Å². The Morgan fingerprint density at radius 3 is 1.60 bits per heavy atom. The van der Waals surface area contributed by atoms with E-state index < -0.39 is 16.5 Å². The Kier molecular flexibility index (Phi) is 4.95. The molecule has 0 amide bonds. The summed E-state index contributed by atoms with van der Waals surface area (Å²) in [5.74, 6) is 0.702. The van der Waals surface area contributed by atoms with Crippen LogP contribution in [0.4, 0.5) is 4.79 Å². The lowest BCUT2D eigenvalue weighted by Crippen LogP contribution is -2.11. The normalized spacial score (nSPS) is 11.6. The summed E-state index contributed by atoms with van der Waals surface area (Å²) in [5, 5.41) is 9.51. The van der Waals surface area contributed by atoms with Gasteiger partial charge in [-0.15, -0.1) is 0 Å². The van der Waals surface area contributed by atoms with Crippen molar-refractivity contribution in [1.82, 2.24) is 0 Å². The van der Waals surface area contributed by atoms with Crippen molar-refractivity contribution < 1.29 is 18.8 Å². The third-order valence-corrected chi connectivity index (χ3v) is 6.94. The zero-order valence-electron chi connectivity index (χ0n) is 13.7. The lowest BCUT2D eigenvalue weighted by Gasteiger charge is -2.38. The van der Waals surface area contributed by atoms with E-state index in [1.165, 1.54) is 0 Å². The monoisotopic (exact) mass is 354 g/mol. The third-order valence-electron chi connectivity index (χ3n) is 3.74. The Bertz CT molecular complexity index is 793. The Balaban J connectivity index is 2.29. The molecule has 0 bridgehead atoms. The van der Waals surface area contributed by atoms with Crippen LogP contribution in [0.15, 0.2) is 99.6 Å². The highest BCUT2D eigenvalue weighted by Gasteiger charge is 2.35. The van der Waals surface area contributed by atoms with Gasteiger partial charge in [0.05, 0.1) is 7.11 Å². The Morgan fingerprint density at radius 2 is 1.20 bits per heavy atom. The Labute approximate surface area is 148 Å². The lowest BCUT2D eigenvalue weighted by atomic mass is 10.3. The van der Waals surface area contributed by atoms with Gasteiger partial charge in [0.15, 0.2) is 0 Å². The van der Waals surface area contributed by atoms with Gasteiger partial charge < -0.3 is 14.0 Å². The predicted molar refractivity (Wildman–Crippen MR) is 97.4 cm³/mol. The quantitative estimate of drug-likeness (QED) is 0.649. The number of hydrogen-bond acceptors (Lipinski definition) is 3. The molecule has 0 saturated heterocycles. The fourth-order valence-electron chi connectivity index (χ4n) is 2.65. The van der Waals surface area contributed by atoms with Crippen LogP contribution in [0.5, 0.6) is 5.75 Å². The smallest absolute Gasteiger partial charge is 0.497 e. The van der Waals surface area contributed by atoms with Crippen molar-refractivity contribution in [2.24, 2.45) is 0 Å². The second kappa shape index (κ2) is 7.32. The van der Waals surface area contributed by atoms with Crippen molar-refractivity contribution in [2.45, 2.75) is 14.7 Å². The predicted octanol–water partition coefficient (Wildman–Crippen LogP) is 5.59. The van der Waals surface area contributed by atoms with Crippen molar-refractivity contribution in [3.8, 4) is 5.75 Å². The molecule has 0 spiro atoms. The van der Waals surface area contributed by atoms with Crippen molar-refractivity contribution in [1.29, 1.82) is 0 Å². The van der Waals surface area contributed by atoms with Crippen LogP contribution in [0.1, 0.15) is 0 Å². The molecule has 0 aliphatic rings. The minimum atomic E-state index is -2.41. The number of rotatable bonds is 5. The van der Waals surface area contributed by atoms with Gasteiger partial charge in [0, 0.05) is 14.7 Å². The molecule has 0 fully saturated rings. The van der Waals surface area contributed by atoms with Crippen LogP contribution < -0.4 is 4.74 Å². The highest BCUT2D eigenvalue weighted by Crippen LogP contribution is 2.69. The van der Waals surface area contributed by atoms with E-state index in [0.717, 1.165) is 14.7 Å². The molecule has 25 heavy (non-hydrogen) atoms. The molecule has 0 heterocycles. The first kappa shape index (κ1) is 16.9. The molecule has 0 aliphatic carbocycles. The van der Waals surface area contributed by atoms with E-state index in [1.54, 1.807) is 7.11 Å². The van der Waals surface area contributed by atoms with Crippen LogP contribution in [-0.2, 0) is 4.18 Å². The maximum atomic E-state index is 11.6. The Hall–Kier alpha value is -2.92. The summed E-state index contributed by atoms with van der Waals surface area (Å²) in [6.07, 6.45) is -1.31. The molecule has 3 aromatic carbocycles. The highest BCUT2D eigenvalue weighted by atomic mass is 32.3. The minimum Gasteiger partial charge on any atom is -0.497 e. The van der Waals surface area contributed by atoms with Gasteiger partial charge in [-0.25, -0.2) is 4.79 Å². The van der Waals surface area contributed by atoms with Gasteiger partial charge in [0.2, 0.25) is 0 Å². The first-order valence-corrected chi connectivity index (χ1v) is 9.22. The number of benzene rings is 3. The van der Waals surface area contributed by atoms with Crippen LogP contribution in [0.2, 0.25) is 0 Å². The lowest BCUT2D eigenvalue weighted by molar-refractivity contribution is 0.150. The molecule has 0 atom stereocenters. The van der Waals surface area contributed by atoms with Crippen molar-refractivity contribution in [2.75, 3.05) is 7.11 Å². The SMILES string of the molecule is COc1ccc(S(OC(=O)O)(c2ccccc2)c2ccccc2)cc1. The molecule has 128 valence electrons. The summed E-state index contributed by atoms with van der Waals surface area (Å²) in [6, 6.07) is 26.3. The molecular weight excluding hydrogens is 336 g/mol. The van der Waals surface area contributed by atoms with Gasteiger partial charge >= 0.3 is 6.16 Å². The number of carbonyl (C=O) groups is 1. The summed E-state index contributed by atoms with van der Waals surface area (Å²) in [7, 11) is -0.817. The molecule has 4 nitrogen and oxygen atoms in total. The first-order chi connectivity index (χ1) is 12.2. The van der Waals surface area contributed by atoms with Gasteiger partial charge in [-0.2, -0.15) is 0 Å². The molecule has 0 aliphatic heterocycles. The van der Waals surface area contributed by atoms with Gasteiger partial charge in [0.25, 0.3) is 0 Å². The van der Waals surface area contributed by atoms with E-state index in [-0.39, 0.29) is 0 Å². The second-order valence-corrected chi connectivity index (χ2v) is 7.90. The molecule has 0 radical (unpaired) electrons. The van der Waals surface area contributed by atoms with Crippen molar-refractivity contribution >= 4 is 16.5 Å². The van der Waals surface area contributed by atoms with E-state index in [4.69, 9.17) is 8.92 Å². The summed E-state index contributed by atoms with van der Waals surface area (Å²) >= 11 is 0.